The Kier molecular flexibility index (Phi) is 4.67. The summed E-state index contributed by atoms with van der Waals surface area (Å²) in [6.45, 7) is 1.23. The van der Waals surface area contributed by atoms with Gasteiger partial charge < -0.3 is 4.74 Å². The van der Waals surface area contributed by atoms with Gasteiger partial charge in [0.15, 0.2) is 0 Å². The Morgan fingerprint density at radius 1 is 1.47 bits per heavy atom. The van der Waals surface area contributed by atoms with Gasteiger partial charge in [-0.05, 0) is 24.6 Å². The molecule has 0 heterocycles. The summed E-state index contributed by atoms with van der Waals surface area (Å²) >= 11 is 10.0. The van der Waals surface area contributed by atoms with Gasteiger partial charge in [-0.25, -0.2) is 8.78 Å². The van der Waals surface area contributed by atoms with Gasteiger partial charge in [-0.2, -0.15) is 12.6 Å². The summed E-state index contributed by atoms with van der Waals surface area (Å²) < 4.78 is 28.7. The largest absolute Gasteiger partial charge is 0.486 e. The van der Waals surface area contributed by atoms with Gasteiger partial charge in [0.2, 0.25) is 0 Å². The van der Waals surface area contributed by atoms with Crippen LogP contribution in [0.2, 0.25) is 5.02 Å². The molecule has 0 bridgehead atoms. The zero-order valence-corrected chi connectivity index (χ0v) is 9.73. The first kappa shape index (κ1) is 12.6. The molecule has 0 saturated heterocycles. The summed E-state index contributed by atoms with van der Waals surface area (Å²) in [5, 5.41) is 0.338. The molecule has 1 atom stereocenters. The molecule has 0 amide bonds. The van der Waals surface area contributed by atoms with Crippen LogP contribution in [0.15, 0.2) is 18.2 Å². The molecular formula is C10H11ClF2OS. The SMILES string of the molecule is CC(S)c1ccc(Cl)c(OCC(F)F)c1. The molecule has 1 unspecified atom stereocenters. The number of thiol groups is 1. The summed E-state index contributed by atoms with van der Waals surface area (Å²) in [6, 6.07) is 5.03. The molecule has 0 N–H and O–H groups in total. The molecule has 84 valence electrons. The highest BCUT2D eigenvalue weighted by atomic mass is 35.5. The molecule has 1 aromatic carbocycles. The first-order valence-electron chi connectivity index (χ1n) is 4.39. The summed E-state index contributed by atoms with van der Waals surface area (Å²) in [6.07, 6.45) is -2.50. The molecule has 0 aliphatic carbocycles. The van der Waals surface area contributed by atoms with Crippen LogP contribution in [0.1, 0.15) is 17.7 Å². The van der Waals surface area contributed by atoms with Crippen LogP contribution in [-0.2, 0) is 0 Å². The van der Waals surface area contributed by atoms with Crippen molar-refractivity contribution in [1.82, 2.24) is 0 Å². The van der Waals surface area contributed by atoms with Crippen LogP contribution in [-0.4, -0.2) is 13.0 Å². The average Bonchev–Trinajstić information content (AvgIpc) is 2.16. The number of halogens is 3. The van der Waals surface area contributed by atoms with Gasteiger partial charge in [0.1, 0.15) is 12.4 Å². The molecule has 0 radical (unpaired) electrons. The predicted octanol–water partition coefficient (Wildman–Crippen LogP) is 3.97. The number of alkyl halides is 2. The van der Waals surface area contributed by atoms with E-state index in [-0.39, 0.29) is 11.0 Å². The van der Waals surface area contributed by atoms with E-state index in [0.717, 1.165) is 5.56 Å². The second-order valence-corrected chi connectivity index (χ2v) is 4.25. The molecule has 0 aliphatic rings. The molecule has 1 rings (SSSR count). The van der Waals surface area contributed by atoms with Gasteiger partial charge in [-0.15, -0.1) is 0 Å². The summed E-state index contributed by atoms with van der Waals surface area (Å²) in [5.41, 5.74) is 0.881. The van der Waals surface area contributed by atoms with Crippen molar-refractivity contribution in [3.05, 3.63) is 28.8 Å². The highest BCUT2D eigenvalue weighted by Crippen LogP contribution is 2.30. The van der Waals surface area contributed by atoms with Crippen LogP contribution >= 0.6 is 24.2 Å². The fourth-order valence-electron chi connectivity index (χ4n) is 1.04. The maximum absolute atomic E-state index is 11.9. The van der Waals surface area contributed by atoms with Gasteiger partial charge in [0, 0.05) is 5.25 Å². The number of hydrogen-bond donors (Lipinski definition) is 1. The third-order valence-electron chi connectivity index (χ3n) is 1.80. The first-order chi connectivity index (χ1) is 7.00. The Hall–Kier alpha value is -0.480. The minimum absolute atomic E-state index is 0.0103. The molecule has 0 spiro atoms. The minimum atomic E-state index is -2.50. The van der Waals surface area contributed by atoms with E-state index in [1.807, 2.05) is 6.92 Å². The summed E-state index contributed by atoms with van der Waals surface area (Å²) in [7, 11) is 0. The molecule has 1 aromatic rings. The normalized spacial score (nSPS) is 12.9. The van der Waals surface area contributed by atoms with E-state index in [4.69, 9.17) is 16.3 Å². The van der Waals surface area contributed by atoms with Crippen molar-refractivity contribution < 1.29 is 13.5 Å². The van der Waals surface area contributed by atoms with E-state index in [1.54, 1.807) is 18.2 Å². The number of hydrogen-bond acceptors (Lipinski definition) is 2. The monoisotopic (exact) mass is 252 g/mol. The Morgan fingerprint density at radius 3 is 2.67 bits per heavy atom. The van der Waals surface area contributed by atoms with Crippen LogP contribution in [0.5, 0.6) is 5.75 Å². The standard InChI is InChI=1S/C10H11ClF2OS/c1-6(15)7-2-3-8(11)9(4-7)14-5-10(12)13/h2-4,6,10,15H,5H2,1H3. The topological polar surface area (TPSA) is 9.23 Å². The Morgan fingerprint density at radius 2 is 2.13 bits per heavy atom. The van der Waals surface area contributed by atoms with Crippen molar-refractivity contribution in [2.45, 2.75) is 18.6 Å². The maximum atomic E-state index is 11.9. The molecular weight excluding hydrogens is 242 g/mol. The third kappa shape index (κ3) is 3.87. The Balaban J connectivity index is 2.81. The van der Waals surface area contributed by atoms with Gasteiger partial charge in [-0.3, -0.25) is 0 Å². The zero-order chi connectivity index (χ0) is 11.4. The van der Waals surface area contributed by atoms with Gasteiger partial charge in [0.05, 0.1) is 5.02 Å². The van der Waals surface area contributed by atoms with Gasteiger partial charge in [0.25, 0.3) is 6.43 Å². The fourth-order valence-corrected chi connectivity index (χ4v) is 1.38. The Labute approximate surface area is 97.8 Å². The lowest BCUT2D eigenvalue weighted by Gasteiger charge is -2.10. The fraction of sp³-hybridized carbons (Fsp3) is 0.400. The molecule has 15 heavy (non-hydrogen) atoms. The van der Waals surface area contributed by atoms with E-state index in [0.29, 0.717) is 5.02 Å². The third-order valence-corrected chi connectivity index (χ3v) is 2.41. The van der Waals surface area contributed by atoms with Crippen molar-refractivity contribution in [3.63, 3.8) is 0 Å². The van der Waals surface area contributed by atoms with Crippen molar-refractivity contribution in [2.75, 3.05) is 6.61 Å². The summed E-state index contributed by atoms with van der Waals surface area (Å²) in [4.78, 5) is 0. The van der Waals surface area contributed by atoms with Crippen molar-refractivity contribution >= 4 is 24.2 Å². The highest BCUT2D eigenvalue weighted by molar-refractivity contribution is 7.80. The lowest BCUT2D eigenvalue weighted by atomic mass is 10.1. The zero-order valence-electron chi connectivity index (χ0n) is 8.08. The van der Waals surface area contributed by atoms with Crippen LogP contribution in [0.4, 0.5) is 8.78 Å². The summed E-state index contributed by atoms with van der Waals surface area (Å²) in [5.74, 6) is 0.273. The van der Waals surface area contributed by atoms with Crippen LogP contribution < -0.4 is 4.74 Å². The Bertz CT molecular complexity index is 331. The maximum Gasteiger partial charge on any atom is 0.272 e. The predicted molar refractivity (Wildman–Crippen MR) is 60.4 cm³/mol. The van der Waals surface area contributed by atoms with Crippen LogP contribution in [0, 0.1) is 0 Å². The second-order valence-electron chi connectivity index (χ2n) is 3.07. The lowest BCUT2D eigenvalue weighted by Crippen LogP contribution is -2.07. The average molecular weight is 253 g/mol. The second kappa shape index (κ2) is 5.56. The van der Waals surface area contributed by atoms with E-state index in [1.165, 1.54) is 0 Å². The lowest BCUT2D eigenvalue weighted by molar-refractivity contribution is 0.0819. The van der Waals surface area contributed by atoms with Gasteiger partial charge in [-0.1, -0.05) is 17.7 Å². The molecule has 5 heteroatoms. The smallest absolute Gasteiger partial charge is 0.272 e. The quantitative estimate of drug-likeness (QED) is 0.798. The van der Waals surface area contributed by atoms with E-state index >= 15 is 0 Å². The van der Waals surface area contributed by atoms with Crippen molar-refractivity contribution in [1.29, 1.82) is 0 Å². The molecule has 0 aliphatic heterocycles. The van der Waals surface area contributed by atoms with Crippen LogP contribution in [0.3, 0.4) is 0 Å². The highest BCUT2D eigenvalue weighted by Gasteiger charge is 2.09. The number of rotatable bonds is 4. The molecule has 0 fully saturated rings. The molecule has 0 aromatic heterocycles. The minimum Gasteiger partial charge on any atom is -0.486 e. The van der Waals surface area contributed by atoms with E-state index in [9.17, 15) is 8.78 Å². The first-order valence-corrected chi connectivity index (χ1v) is 5.28. The molecule has 1 nitrogen and oxygen atoms in total. The molecule has 0 saturated carbocycles. The van der Waals surface area contributed by atoms with Crippen molar-refractivity contribution in [2.24, 2.45) is 0 Å². The van der Waals surface area contributed by atoms with E-state index < -0.39 is 13.0 Å². The van der Waals surface area contributed by atoms with Gasteiger partial charge >= 0.3 is 0 Å². The van der Waals surface area contributed by atoms with Crippen molar-refractivity contribution in [3.8, 4) is 5.75 Å². The van der Waals surface area contributed by atoms with E-state index in [2.05, 4.69) is 12.6 Å². The number of benzene rings is 1. The number of ether oxygens (including phenoxy) is 1. The van der Waals surface area contributed by atoms with Crippen LogP contribution in [0.25, 0.3) is 0 Å².